The number of rotatable bonds is 11. The number of aliphatic carboxylic acids is 2. The first-order valence-corrected chi connectivity index (χ1v) is 14.9. The van der Waals surface area contributed by atoms with E-state index < -0.39 is 46.5 Å². The number of fused-ring (bicyclic) bond motifs is 1. The second kappa shape index (κ2) is 12.0. The van der Waals surface area contributed by atoms with E-state index >= 15 is 0 Å². The van der Waals surface area contributed by atoms with Gasteiger partial charge in [0, 0.05) is 16.9 Å². The standard InChI is InChI=1S/C23H26N8O8S3/c1-23(2,20(36)37)39-29-13(10-8-41-21(25)26-10)16(32)28-14-17(33)31-15(19(34)35)9(6-40-18(14)31)7-42-22-27-11(24)5-12(38-4)30(22)3/h5,8,14,18,24H,6-7H2,1-4H3,(H5,25,26,28,32,34,35,36,37)/p+1/b29-13-. The molecule has 2 aliphatic rings. The zero-order chi connectivity index (χ0) is 30.9. The Bertz CT molecular complexity index is 1520. The lowest BCUT2D eigenvalue weighted by molar-refractivity contribution is -0.717. The Morgan fingerprint density at radius 2 is 2.02 bits per heavy atom. The number of nitrogen functional groups attached to an aromatic ring is 2. The Morgan fingerprint density at radius 1 is 1.31 bits per heavy atom. The van der Waals surface area contributed by atoms with Gasteiger partial charge in [-0.25, -0.2) is 14.6 Å². The molecule has 2 aliphatic heterocycles. The minimum absolute atomic E-state index is 0.0153. The molecule has 1 fully saturated rings. The number of nitrogens with two attached hydrogens (primary N) is 2. The Kier molecular flexibility index (Phi) is 8.83. The van der Waals surface area contributed by atoms with Gasteiger partial charge in [0.2, 0.25) is 11.4 Å². The first-order chi connectivity index (χ1) is 19.7. The molecule has 2 atom stereocenters. The van der Waals surface area contributed by atoms with Crippen LogP contribution in [0.15, 0.2) is 33.0 Å². The average Bonchev–Trinajstić information content (AvgIpc) is 3.36. The largest absolute Gasteiger partial charge is 0.478 e. The molecule has 2 aromatic heterocycles. The van der Waals surface area contributed by atoms with Crippen molar-refractivity contribution in [2.75, 3.05) is 30.1 Å². The van der Waals surface area contributed by atoms with Crippen LogP contribution in [0.2, 0.25) is 0 Å². The number of aromatic nitrogens is 3. The van der Waals surface area contributed by atoms with Crippen molar-refractivity contribution in [2.45, 2.75) is 36.0 Å². The molecule has 0 spiro atoms. The number of thioether (sulfide) groups is 2. The predicted octanol–water partition coefficient (Wildman–Crippen LogP) is -0.350. The highest BCUT2D eigenvalue weighted by Crippen LogP contribution is 2.41. The number of carbonyl (C=O) groups excluding carboxylic acids is 2. The number of β-lactam (4-membered cyclic amide) rings is 1. The molecule has 4 rings (SSSR count). The zero-order valence-electron chi connectivity index (χ0n) is 22.7. The predicted molar refractivity (Wildman–Crippen MR) is 153 cm³/mol. The van der Waals surface area contributed by atoms with E-state index in [1.807, 2.05) is 0 Å². The lowest BCUT2D eigenvalue weighted by Crippen LogP contribution is -2.71. The van der Waals surface area contributed by atoms with Crippen molar-refractivity contribution < 1.29 is 43.5 Å². The summed E-state index contributed by atoms with van der Waals surface area (Å²) >= 11 is 3.53. The first kappa shape index (κ1) is 30.8. The van der Waals surface area contributed by atoms with Gasteiger partial charge in [0.1, 0.15) is 22.8 Å². The summed E-state index contributed by atoms with van der Waals surface area (Å²) in [4.78, 5) is 64.6. The van der Waals surface area contributed by atoms with Crippen LogP contribution < -0.4 is 26.1 Å². The van der Waals surface area contributed by atoms with Crippen molar-refractivity contribution in [3.63, 3.8) is 0 Å². The maximum Gasteiger partial charge on any atom is 0.364 e. The van der Waals surface area contributed by atoms with Gasteiger partial charge in [-0.3, -0.25) is 14.5 Å². The molecule has 42 heavy (non-hydrogen) atoms. The minimum Gasteiger partial charge on any atom is -0.478 e. The van der Waals surface area contributed by atoms with Crippen molar-refractivity contribution in [1.82, 2.24) is 20.2 Å². The fourth-order valence-electron chi connectivity index (χ4n) is 3.82. The van der Waals surface area contributed by atoms with Gasteiger partial charge in [-0.15, -0.1) is 23.1 Å². The van der Waals surface area contributed by atoms with Crippen LogP contribution in [-0.2, 0) is 31.1 Å². The molecule has 0 aliphatic carbocycles. The Hall–Kier alpha value is -4.10. The van der Waals surface area contributed by atoms with Gasteiger partial charge in [0.25, 0.3) is 17.7 Å². The summed E-state index contributed by atoms with van der Waals surface area (Å²) in [5.41, 5.74) is 9.70. The van der Waals surface area contributed by atoms with Gasteiger partial charge in [-0.1, -0.05) is 5.16 Å². The normalized spacial score (nSPS) is 18.7. The molecule has 0 bridgehead atoms. The third-order valence-corrected chi connectivity index (χ3v) is 9.22. The number of hydrogen-bond donors (Lipinski definition) is 5. The number of nitrogens with zero attached hydrogens (tertiary/aromatic N) is 5. The molecule has 224 valence electrons. The summed E-state index contributed by atoms with van der Waals surface area (Å²) in [6.07, 6.45) is 0. The van der Waals surface area contributed by atoms with Gasteiger partial charge < -0.3 is 36.6 Å². The Labute approximate surface area is 251 Å². The zero-order valence-corrected chi connectivity index (χ0v) is 25.1. The third kappa shape index (κ3) is 6.07. The number of methoxy groups -OCH3 is 1. The van der Waals surface area contributed by atoms with E-state index in [1.54, 1.807) is 17.7 Å². The number of carboxylic acids is 2. The molecular weight excluding hydrogens is 613 g/mol. The number of nitrogens with one attached hydrogen (secondary N) is 1. The monoisotopic (exact) mass is 639 g/mol. The van der Waals surface area contributed by atoms with Crippen LogP contribution in [0.25, 0.3) is 0 Å². The first-order valence-electron chi connectivity index (χ1n) is 12.0. The van der Waals surface area contributed by atoms with Gasteiger partial charge in [-0.2, -0.15) is 4.57 Å². The summed E-state index contributed by atoms with van der Waals surface area (Å²) in [5.74, 6) is -2.97. The smallest absolute Gasteiger partial charge is 0.364 e. The highest BCUT2D eigenvalue weighted by Gasteiger charge is 2.54. The van der Waals surface area contributed by atoms with E-state index in [0.29, 0.717) is 16.6 Å². The maximum absolute atomic E-state index is 13.2. The highest BCUT2D eigenvalue weighted by atomic mass is 32.2. The van der Waals surface area contributed by atoms with Crippen LogP contribution in [-0.4, -0.2) is 90.2 Å². The van der Waals surface area contributed by atoms with Crippen molar-refractivity contribution in [1.29, 1.82) is 0 Å². The number of anilines is 2. The van der Waals surface area contributed by atoms with Crippen LogP contribution in [0.4, 0.5) is 10.9 Å². The van der Waals surface area contributed by atoms with E-state index in [0.717, 1.165) is 16.2 Å². The number of carboxylic acid groups (broad SMARTS) is 2. The number of carbonyl (C=O) groups is 4. The molecular formula is C23H27N8O8S3+. The SMILES string of the molecule is COc1cc(N)nc(SCC2=C(C(=O)O)N3C(=O)C(NC(=O)/C(=N\OC(C)(C)C(=O)O)c4csc(N)n4)C3SC2)[n+]1C. The number of oxime groups is 1. The van der Waals surface area contributed by atoms with Gasteiger partial charge in [-0.05, 0) is 36.2 Å². The Morgan fingerprint density at radius 3 is 2.62 bits per heavy atom. The lowest BCUT2D eigenvalue weighted by Gasteiger charge is -2.49. The Balaban J connectivity index is 1.53. The quantitative estimate of drug-likeness (QED) is 0.0528. The van der Waals surface area contributed by atoms with Crippen LogP contribution in [0, 0.1) is 0 Å². The highest BCUT2D eigenvalue weighted by molar-refractivity contribution is 8.01. The molecule has 4 heterocycles. The van der Waals surface area contributed by atoms with Gasteiger partial charge in [0.05, 0.1) is 20.2 Å². The summed E-state index contributed by atoms with van der Waals surface area (Å²) in [5, 5.41) is 26.9. The molecule has 7 N–H and O–H groups in total. The van der Waals surface area contributed by atoms with E-state index in [2.05, 4.69) is 20.4 Å². The van der Waals surface area contributed by atoms with Crippen LogP contribution in [0.1, 0.15) is 19.5 Å². The van der Waals surface area contributed by atoms with E-state index in [9.17, 15) is 29.4 Å². The minimum atomic E-state index is -1.77. The van der Waals surface area contributed by atoms with E-state index in [4.69, 9.17) is 21.0 Å². The van der Waals surface area contributed by atoms with Crippen molar-refractivity contribution in [3.05, 3.63) is 28.4 Å². The number of hydrogen-bond acceptors (Lipinski definition) is 14. The summed E-state index contributed by atoms with van der Waals surface area (Å²) in [6, 6.07) is 0.469. The molecule has 0 saturated carbocycles. The fourth-order valence-corrected chi connectivity index (χ4v) is 6.83. The summed E-state index contributed by atoms with van der Waals surface area (Å²) < 4.78 is 6.95. The lowest BCUT2D eigenvalue weighted by atomic mass is 10.0. The second-order valence-electron chi connectivity index (χ2n) is 9.39. The van der Waals surface area contributed by atoms with E-state index in [-0.39, 0.29) is 33.8 Å². The molecule has 2 amide bonds. The number of amides is 2. The summed E-state index contributed by atoms with van der Waals surface area (Å²) in [7, 11) is 3.21. The van der Waals surface area contributed by atoms with Crippen LogP contribution in [0.3, 0.4) is 0 Å². The van der Waals surface area contributed by atoms with Crippen LogP contribution in [0.5, 0.6) is 5.88 Å². The molecule has 1 saturated heterocycles. The van der Waals surface area contributed by atoms with Crippen molar-refractivity contribution in [2.24, 2.45) is 12.2 Å². The average molecular weight is 640 g/mol. The molecule has 0 aromatic carbocycles. The third-order valence-electron chi connectivity index (χ3n) is 6.09. The molecule has 0 radical (unpaired) electrons. The fraction of sp³-hybridized carbons (Fsp3) is 0.391. The summed E-state index contributed by atoms with van der Waals surface area (Å²) in [6.45, 7) is 2.48. The molecule has 2 unspecified atom stereocenters. The molecule has 16 nitrogen and oxygen atoms in total. The van der Waals surface area contributed by atoms with Crippen molar-refractivity contribution >= 4 is 75.3 Å². The maximum atomic E-state index is 13.2. The van der Waals surface area contributed by atoms with Crippen LogP contribution >= 0.6 is 34.9 Å². The van der Waals surface area contributed by atoms with Gasteiger partial charge in [0.15, 0.2) is 10.8 Å². The molecule has 2 aromatic rings. The number of thiazole rings is 1. The van der Waals surface area contributed by atoms with E-state index in [1.165, 1.54) is 49.9 Å². The van der Waals surface area contributed by atoms with Gasteiger partial charge >= 0.3 is 17.1 Å². The van der Waals surface area contributed by atoms with Crippen molar-refractivity contribution in [3.8, 4) is 5.88 Å². The number of ether oxygens (including phenoxy) is 1. The molecule has 19 heteroatoms. The topological polar surface area (TPSA) is 237 Å². The second-order valence-corrected chi connectivity index (χ2v) is 12.3.